The molecular formula is C21H28N2O2. The lowest BCUT2D eigenvalue weighted by Crippen LogP contribution is -2.37. The predicted molar refractivity (Wildman–Crippen MR) is 103 cm³/mol. The number of aryl methyl sites for hydroxylation is 1. The average molecular weight is 340 g/mol. The fraction of sp³-hybridized carbons (Fsp3) is 0.381. The van der Waals surface area contributed by atoms with Crippen molar-refractivity contribution >= 4 is 11.6 Å². The summed E-state index contributed by atoms with van der Waals surface area (Å²) in [4.78, 5) is 12.0. The van der Waals surface area contributed by atoms with Crippen LogP contribution in [-0.4, -0.2) is 23.7 Å². The summed E-state index contributed by atoms with van der Waals surface area (Å²) >= 11 is 0. The standard InChI is InChI=1S/C21H28N2O2/c1-3-16-5-7-18(8-6-16)14-22-20-11-9-17(10-12-20)13-21(25)23-19(4-2)15-24/h5-12,19,22,24H,3-4,13-15H2,1-2H3,(H,23,25). The lowest BCUT2D eigenvalue weighted by atomic mass is 10.1. The van der Waals surface area contributed by atoms with Gasteiger partial charge in [-0.05, 0) is 41.7 Å². The quantitative estimate of drug-likeness (QED) is 0.656. The molecule has 0 aliphatic heterocycles. The molecular weight excluding hydrogens is 312 g/mol. The smallest absolute Gasteiger partial charge is 0.224 e. The summed E-state index contributed by atoms with van der Waals surface area (Å²) in [6.45, 7) is 4.85. The third-order valence-corrected chi connectivity index (χ3v) is 4.32. The van der Waals surface area contributed by atoms with Gasteiger partial charge in [0, 0.05) is 12.2 Å². The van der Waals surface area contributed by atoms with Gasteiger partial charge in [0.05, 0.1) is 19.1 Å². The first-order chi connectivity index (χ1) is 12.1. The van der Waals surface area contributed by atoms with Crippen molar-refractivity contribution in [3.63, 3.8) is 0 Å². The van der Waals surface area contributed by atoms with E-state index in [2.05, 4.69) is 41.8 Å². The van der Waals surface area contributed by atoms with Gasteiger partial charge >= 0.3 is 0 Å². The maximum absolute atomic E-state index is 12.0. The van der Waals surface area contributed by atoms with Crippen LogP contribution in [0, 0.1) is 0 Å². The molecule has 2 rings (SSSR count). The molecule has 0 saturated heterocycles. The van der Waals surface area contributed by atoms with Gasteiger partial charge in [0.25, 0.3) is 0 Å². The van der Waals surface area contributed by atoms with Crippen LogP contribution in [0.1, 0.15) is 37.0 Å². The summed E-state index contributed by atoms with van der Waals surface area (Å²) in [6.07, 6.45) is 2.11. The SMILES string of the molecule is CCc1ccc(CNc2ccc(CC(=O)NC(CC)CO)cc2)cc1. The monoisotopic (exact) mass is 340 g/mol. The Kier molecular flexibility index (Phi) is 7.48. The van der Waals surface area contributed by atoms with Crippen molar-refractivity contribution in [2.75, 3.05) is 11.9 Å². The number of carbonyl (C=O) groups excluding carboxylic acids is 1. The molecule has 0 aliphatic rings. The van der Waals surface area contributed by atoms with Crippen molar-refractivity contribution in [1.29, 1.82) is 0 Å². The third-order valence-electron chi connectivity index (χ3n) is 4.32. The Morgan fingerprint density at radius 3 is 2.12 bits per heavy atom. The minimum Gasteiger partial charge on any atom is -0.394 e. The second-order valence-corrected chi connectivity index (χ2v) is 6.25. The number of hydrogen-bond donors (Lipinski definition) is 3. The zero-order valence-corrected chi connectivity index (χ0v) is 15.1. The number of anilines is 1. The number of rotatable bonds is 9. The van der Waals surface area contributed by atoms with E-state index in [-0.39, 0.29) is 18.6 Å². The minimum atomic E-state index is -0.160. The van der Waals surface area contributed by atoms with Gasteiger partial charge in [0.1, 0.15) is 0 Å². The highest BCUT2D eigenvalue weighted by molar-refractivity contribution is 5.79. The van der Waals surface area contributed by atoms with Crippen LogP contribution in [0.4, 0.5) is 5.69 Å². The summed E-state index contributed by atoms with van der Waals surface area (Å²) < 4.78 is 0. The molecule has 0 aromatic heterocycles. The first-order valence-corrected chi connectivity index (χ1v) is 8.95. The van der Waals surface area contributed by atoms with Crippen LogP contribution >= 0.6 is 0 Å². The number of amides is 1. The number of aliphatic hydroxyl groups excluding tert-OH is 1. The van der Waals surface area contributed by atoms with Gasteiger partial charge in [-0.15, -0.1) is 0 Å². The molecule has 134 valence electrons. The van der Waals surface area contributed by atoms with Crippen LogP contribution in [-0.2, 0) is 24.2 Å². The molecule has 4 heteroatoms. The minimum absolute atomic E-state index is 0.0235. The zero-order valence-electron chi connectivity index (χ0n) is 15.1. The Morgan fingerprint density at radius 2 is 1.56 bits per heavy atom. The Bertz CT molecular complexity index is 647. The molecule has 0 aliphatic carbocycles. The van der Waals surface area contributed by atoms with Crippen molar-refractivity contribution in [3.05, 3.63) is 65.2 Å². The molecule has 2 aromatic carbocycles. The number of nitrogens with one attached hydrogen (secondary N) is 2. The van der Waals surface area contributed by atoms with E-state index in [4.69, 9.17) is 5.11 Å². The second-order valence-electron chi connectivity index (χ2n) is 6.25. The van der Waals surface area contributed by atoms with E-state index in [1.807, 2.05) is 31.2 Å². The topological polar surface area (TPSA) is 61.4 Å². The molecule has 25 heavy (non-hydrogen) atoms. The Balaban J connectivity index is 1.83. The van der Waals surface area contributed by atoms with Crippen molar-refractivity contribution in [2.45, 2.75) is 45.7 Å². The van der Waals surface area contributed by atoms with E-state index in [1.54, 1.807) is 0 Å². The van der Waals surface area contributed by atoms with Gasteiger partial charge in [-0.2, -0.15) is 0 Å². The first kappa shape index (κ1) is 19.0. The van der Waals surface area contributed by atoms with Crippen LogP contribution in [0.15, 0.2) is 48.5 Å². The third kappa shape index (κ3) is 6.24. The molecule has 0 spiro atoms. The Labute approximate surface area is 150 Å². The molecule has 0 radical (unpaired) electrons. The van der Waals surface area contributed by atoms with E-state index >= 15 is 0 Å². The van der Waals surface area contributed by atoms with Crippen LogP contribution < -0.4 is 10.6 Å². The largest absolute Gasteiger partial charge is 0.394 e. The molecule has 0 bridgehead atoms. The number of carbonyl (C=O) groups is 1. The van der Waals surface area contributed by atoms with E-state index in [1.165, 1.54) is 11.1 Å². The predicted octanol–water partition coefficient (Wildman–Crippen LogP) is 3.29. The summed E-state index contributed by atoms with van der Waals surface area (Å²) in [6, 6.07) is 16.4. The Morgan fingerprint density at radius 1 is 0.960 bits per heavy atom. The van der Waals surface area contributed by atoms with Crippen molar-refractivity contribution in [1.82, 2.24) is 5.32 Å². The van der Waals surface area contributed by atoms with Crippen LogP contribution in [0.2, 0.25) is 0 Å². The van der Waals surface area contributed by atoms with Crippen LogP contribution in [0.3, 0.4) is 0 Å². The molecule has 0 saturated carbocycles. The van der Waals surface area contributed by atoms with Crippen molar-refractivity contribution < 1.29 is 9.90 Å². The molecule has 1 atom stereocenters. The Hall–Kier alpha value is -2.33. The number of hydrogen-bond acceptors (Lipinski definition) is 3. The highest BCUT2D eigenvalue weighted by atomic mass is 16.3. The van der Waals surface area contributed by atoms with Gasteiger partial charge in [-0.3, -0.25) is 4.79 Å². The second kappa shape index (κ2) is 9.84. The van der Waals surface area contributed by atoms with Crippen molar-refractivity contribution in [2.24, 2.45) is 0 Å². The van der Waals surface area contributed by atoms with Gasteiger partial charge in [-0.1, -0.05) is 50.2 Å². The van der Waals surface area contributed by atoms with E-state index < -0.39 is 0 Å². The molecule has 3 N–H and O–H groups in total. The van der Waals surface area contributed by atoms with E-state index in [0.29, 0.717) is 6.42 Å². The van der Waals surface area contributed by atoms with Crippen LogP contribution in [0.5, 0.6) is 0 Å². The summed E-state index contributed by atoms with van der Waals surface area (Å²) in [7, 11) is 0. The molecule has 0 fully saturated rings. The zero-order chi connectivity index (χ0) is 18.1. The van der Waals surface area contributed by atoms with Gasteiger partial charge in [0.2, 0.25) is 5.91 Å². The van der Waals surface area contributed by atoms with Gasteiger partial charge in [0.15, 0.2) is 0 Å². The summed E-state index contributed by atoms with van der Waals surface area (Å²) in [5, 5.41) is 15.4. The van der Waals surface area contributed by atoms with Crippen molar-refractivity contribution in [3.8, 4) is 0 Å². The molecule has 1 unspecified atom stereocenters. The highest BCUT2D eigenvalue weighted by Crippen LogP contribution is 2.13. The number of benzene rings is 2. The molecule has 4 nitrogen and oxygen atoms in total. The fourth-order valence-corrected chi connectivity index (χ4v) is 2.58. The molecule has 2 aromatic rings. The maximum atomic E-state index is 12.0. The summed E-state index contributed by atoms with van der Waals surface area (Å²) in [5.41, 5.74) is 4.59. The average Bonchev–Trinajstić information content (AvgIpc) is 2.66. The lowest BCUT2D eigenvalue weighted by molar-refractivity contribution is -0.121. The number of aliphatic hydroxyl groups is 1. The maximum Gasteiger partial charge on any atom is 0.224 e. The summed E-state index contributed by atoms with van der Waals surface area (Å²) in [5.74, 6) is -0.0578. The lowest BCUT2D eigenvalue weighted by Gasteiger charge is -2.14. The van der Waals surface area contributed by atoms with E-state index in [9.17, 15) is 4.79 Å². The van der Waals surface area contributed by atoms with E-state index in [0.717, 1.165) is 30.6 Å². The van der Waals surface area contributed by atoms with Gasteiger partial charge < -0.3 is 15.7 Å². The highest BCUT2D eigenvalue weighted by Gasteiger charge is 2.09. The van der Waals surface area contributed by atoms with Gasteiger partial charge in [-0.25, -0.2) is 0 Å². The van der Waals surface area contributed by atoms with Crippen LogP contribution in [0.25, 0.3) is 0 Å². The first-order valence-electron chi connectivity index (χ1n) is 8.95. The molecule has 0 heterocycles. The normalized spacial score (nSPS) is 11.8. The fourth-order valence-electron chi connectivity index (χ4n) is 2.58. The molecule has 1 amide bonds.